The number of para-hydroxylation sites is 1. The summed E-state index contributed by atoms with van der Waals surface area (Å²) in [6, 6.07) is 7.36. The molecule has 1 saturated heterocycles. The van der Waals surface area contributed by atoms with Gasteiger partial charge in [-0.15, -0.1) is 0 Å². The molecule has 2 aliphatic heterocycles. The van der Waals surface area contributed by atoms with Gasteiger partial charge in [-0.05, 0) is 48.6 Å². The number of amides is 2. The summed E-state index contributed by atoms with van der Waals surface area (Å²) in [6.45, 7) is -1.12. The van der Waals surface area contributed by atoms with Gasteiger partial charge in [0.1, 0.15) is 12.4 Å². The first-order chi connectivity index (χ1) is 20.5. The molecule has 6 rings (SSSR count). The highest BCUT2D eigenvalue weighted by Gasteiger charge is 2.39. The molecule has 9 nitrogen and oxygen atoms in total. The topological polar surface area (TPSA) is 96.2 Å². The zero-order chi connectivity index (χ0) is 30.5. The van der Waals surface area contributed by atoms with Gasteiger partial charge in [-0.25, -0.2) is 9.18 Å². The van der Waals surface area contributed by atoms with Gasteiger partial charge in [0.15, 0.2) is 0 Å². The highest BCUT2D eigenvalue weighted by atomic mass is 35.5. The van der Waals surface area contributed by atoms with Gasteiger partial charge in [0.25, 0.3) is 0 Å². The van der Waals surface area contributed by atoms with Crippen LogP contribution in [0.4, 0.5) is 17.6 Å². The molecule has 14 heteroatoms. The molecule has 0 spiro atoms. The van der Waals surface area contributed by atoms with Gasteiger partial charge in [-0.2, -0.15) is 18.3 Å². The molecule has 1 fully saturated rings. The van der Waals surface area contributed by atoms with Crippen LogP contribution in [-0.2, 0) is 22.6 Å². The van der Waals surface area contributed by atoms with Crippen LogP contribution >= 0.6 is 11.6 Å². The van der Waals surface area contributed by atoms with Crippen molar-refractivity contribution in [3.63, 3.8) is 0 Å². The van der Waals surface area contributed by atoms with Crippen molar-refractivity contribution in [2.24, 2.45) is 5.92 Å². The number of likely N-dealkylation sites (tertiary alicyclic amines) is 1. The smallest absolute Gasteiger partial charge is 0.343 e. The third-order valence-electron chi connectivity index (χ3n) is 8.29. The van der Waals surface area contributed by atoms with E-state index in [2.05, 4.69) is 10.2 Å². The van der Waals surface area contributed by atoms with E-state index in [9.17, 15) is 31.9 Å². The molecular weight excluding hydrogens is 592 g/mol. The summed E-state index contributed by atoms with van der Waals surface area (Å²) >= 11 is 6.39. The van der Waals surface area contributed by atoms with Crippen LogP contribution in [0.2, 0.25) is 5.02 Å². The van der Waals surface area contributed by atoms with Crippen molar-refractivity contribution in [1.29, 1.82) is 0 Å². The van der Waals surface area contributed by atoms with Crippen molar-refractivity contribution in [1.82, 2.24) is 29.1 Å². The second kappa shape index (κ2) is 11.2. The number of alkyl halides is 3. The number of nitrogens with zero attached hydrogens (tertiary/aromatic N) is 5. The summed E-state index contributed by atoms with van der Waals surface area (Å²) in [4.78, 5) is 42.2. The fraction of sp³-hybridized carbons (Fsp3) is 0.379. The maximum Gasteiger partial charge on any atom is 0.406 e. The van der Waals surface area contributed by atoms with Gasteiger partial charge in [0.05, 0.1) is 28.3 Å². The maximum atomic E-state index is 14.2. The summed E-state index contributed by atoms with van der Waals surface area (Å²) in [5.74, 6) is -2.63. The Balaban J connectivity index is 1.18. The monoisotopic (exact) mass is 618 g/mol. The molecule has 43 heavy (non-hydrogen) atoms. The Hall–Kier alpha value is -4.13. The van der Waals surface area contributed by atoms with Gasteiger partial charge in [0.2, 0.25) is 11.8 Å². The molecule has 0 aliphatic carbocycles. The maximum absolute atomic E-state index is 14.2. The van der Waals surface area contributed by atoms with E-state index in [-0.39, 0.29) is 37.0 Å². The van der Waals surface area contributed by atoms with Gasteiger partial charge in [-0.1, -0.05) is 23.7 Å². The lowest BCUT2D eigenvalue weighted by molar-refractivity contribution is -0.165. The standard InChI is InChI=1S/C29H27ClF4N6O3/c30-22-12-17-11-18(27(42)38(16-29(32,33)34)15-21(17)20-14-35-36-26(20)22)13-25(41)37-7-5-19(6-8-37)39-9-10-40(28(39)43)24-4-2-1-3-23(24)31/h1-4,9-10,12,14,18-19H,5-8,11,13,15-16H2,(H,35,36)/t18-/m0/s1. The van der Waals surface area contributed by atoms with E-state index < -0.39 is 36.1 Å². The fourth-order valence-electron chi connectivity index (χ4n) is 6.17. The lowest BCUT2D eigenvalue weighted by Crippen LogP contribution is -2.44. The quantitative estimate of drug-likeness (QED) is 0.330. The first-order valence-corrected chi connectivity index (χ1v) is 14.2. The Morgan fingerprint density at radius 2 is 1.86 bits per heavy atom. The van der Waals surface area contributed by atoms with Crippen molar-refractivity contribution in [2.75, 3.05) is 19.6 Å². The summed E-state index contributed by atoms with van der Waals surface area (Å²) in [7, 11) is 0. The molecule has 2 aromatic heterocycles. The van der Waals surface area contributed by atoms with Crippen LogP contribution in [0.15, 0.2) is 53.7 Å². The van der Waals surface area contributed by atoms with Crippen LogP contribution in [0.5, 0.6) is 0 Å². The van der Waals surface area contributed by atoms with Crippen LogP contribution in [0, 0.1) is 11.7 Å². The molecule has 1 N–H and O–H groups in total. The Labute approximate surface area is 247 Å². The van der Waals surface area contributed by atoms with E-state index in [1.165, 1.54) is 39.7 Å². The summed E-state index contributed by atoms with van der Waals surface area (Å²) in [6.07, 6.45) is 0.640. The molecule has 0 saturated carbocycles. The van der Waals surface area contributed by atoms with Gasteiger partial charge in [0, 0.05) is 49.9 Å². The zero-order valence-corrected chi connectivity index (χ0v) is 23.5. The van der Waals surface area contributed by atoms with E-state index in [4.69, 9.17) is 11.6 Å². The Morgan fingerprint density at radius 1 is 1.12 bits per heavy atom. The van der Waals surface area contributed by atoms with Gasteiger partial charge >= 0.3 is 11.9 Å². The van der Waals surface area contributed by atoms with Crippen LogP contribution in [0.25, 0.3) is 16.6 Å². The SMILES string of the molecule is O=C(C[C@@H]1Cc2cc(Cl)c3[nH]ncc3c2CN(CC(F)(F)F)C1=O)N1CCC(n2ccn(-c3ccccc3F)c2=O)CC1. The molecule has 4 aromatic rings. The number of carbonyl (C=O) groups excluding carboxylic acids is 2. The number of rotatable bonds is 5. The number of fused-ring (bicyclic) bond motifs is 3. The van der Waals surface area contributed by atoms with Crippen LogP contribution in [-0.4, -0.2) is 66.8 Å². The second-order valence-corrected chi connectivity index (χ2v) is 11.4. The number of hydrogen-bond acceptors (Lipinski definition) is 4. The van der Waals surface area contributed by atoms with Crippen molar-refractivity contribution < 1.29 is 27.2 Å². The molecule has 4 heterocycles. The Kier molecular flexibility index (Phi) is 7.53. The average Bonchev–Trinajstić information content (AvgIpc) is 3.58. The predicted octanol–water partition coefficient (Wildman–Crippen LogP) is 4.62. The zero-order valence-electron chi connectivity index (χ0n) is 22.8. The van der Waals surface area contributed by atoms with E-state index in [0.717, 1.165) is 4.90 Å². The highest BCUT2D eigenvalue weighted by molar-refractivity contribution is 6.35. The van der Waals surface area contributed by atoms with Crippen LogP contribution in [0.1, 0.15) is 36.4 Å². The summed E-state index contributed by atoms with van der Waals surface area (Å²) in [5, 5.41) is 7.57. The van der Waals surface area contributed by atoms with E-state index in [0.29, 0.717) is 53.0 Å². The number of aromatic amines is 1. The summed E-state index contributed by atoms with van der Waals surface area (Å²) < 4.78 is 57.5. The Bertz CT molecular complexity index is 1750. The average molecular weight is 619 g/mol. The van der Waals surface area contributed by atoms with Crippen molar-refractivity contribution in [3.05, 3.63) is 81.4 Å². The third kappa shape index (κ3) is 5.65. The van der Waals surface area contributed by atoms with Gasteiger partial charge in [-0.3, -0.25) is 23.8 Å². The van der Waals surface area contributed by atoms with E-state index in [1.54, 1.807) is 23.2 Å². The van der Waals surface area contributed by atoms with Crippen molar-refractivity contribution in [3.8, 4) is 5.69 Å². The minimum Gasteiger partial charge on any atom is -0.343 e. The number of piperidine rings is 1. The van der Waals surface area contributed by atoms with Crippen LogP contribution in [0.3, 0.4) is 0 Å². The van der Waals surface area contributed by atoms with Crippen LogP contribution < -0.4 is 5.69 Å². The number of H-pyrrole nitrogens is 1. The Morgan fingerprint density at radius 3 is 2.58 bits per heavy atom. The van der Waals surface area contributed by atoms with E-state index >= 15 is 0 Å². The number of hydrogen-bond donors (Lipinski definition) is 1. The third-order valence-corrected chi connectivity index (χ3v) is 8.58. The highest BCUT2D eigenvalue weighted by Crippen LogP contribution is 2.35. The molecule has 2 aliphatic rings. The minimum atomic E-state index is -4.62. The fourth-order valence-corrected chi connectivity index (χ4v) is 6.45. The second-order valence-electron chi connectivity index (χ2n) is 11.0. The first-order valence-electron chi connectivity index (χ1n) is 13.8. The lowest BCUT2D eigenvalue weighted by atomic mass is 9.92. The van der Waals surface area contributed by atoms with Crippen molar-refractivity contribution in [2.45, 2.75) is 44.4 Å². The number of carbonyl (C=O) groups is 2. The lowest BCUT2D eigenvalue weighted by Gasteiger charge is -2.33. The molecule has 1 atom stereocenters. The molecule has 0 bridgehead atoms. The molecule has 2 amide bonds. The number of benzene rings is 2. The molecule has 0 unspecified atom stereocenters. The number of aromatic nitrogens is 4. The molecule has 226 valence electrons. The first kappa shape index (κ1) is 29.0. The molecule has 0 radical (unpaired) electrons. The van der Waals surface area contributed by atoms with Crippen molar-refractivity contribution >= 4 is 34.3 Å². The van der Waals surface area contributed by atoms with Gasteiger partial charge < -0.3 is 9.80 Å². The van der Waals surface area contributed by atoms with E-state index in [1.807, 2.05) is 0 Å². The number of imidazole rings is 1. The summed E-state index contributed by atoms with van der Waals surface area (Å²) in [5.41, 5.74) is 1.35. The number of nitrogens with one attached hydrogen (secondary N) is 1. The predicted molar refractivity (Wildman–Crippen MR) is 149 cm³/mol. The largest absolute Gasteiger partial charge is 0.406 e. The molecular formula is C29H27ClF4N6O3. The number of halogens is 5. The minimum absolute atomic E-state index is 0.0600. The normalized spacial score (nSPS) is 18.3. The molecule has 2 aromatic carbocycles.